The molecule has 3 nitrogen and oxygen atoms in total. The second kappa shape index (κ2) is 5.21. The minimum Gasteiger partial charge on any atom is -0.326 e. The van der Waals surface area contributed by atoms with Gasteiger partial charge in [-0.1, -0.05) is 19.1 Å². The Bertz CT molecular complexity index is 485. The van der Waals surface area contributed by atoms with Gasteiger partial charge in [-0.25, -0.2) is 0 Å². The predicted octanol–water partition coefficient (Wildman–Crippen LogP) is 2.78. The van der Waals surface area contributed by atoms with Crippen LogP contribution in [-0.2, 0) is 11.2 Å². The van der Waals surface area contributed by atoms with E-state index >= 15 is 0 Å². The molecule has 0 fully saturated rings. The number of rotatable bonds is 4. The van der Waals surface area contributed by atoms with Crippen molar-refractivity contribution in [3.05, 3.63) is 29.3 Å². The molecular weight excluding hydrogens is 257 g/mol. The van der Waals surface area contributed by atoms with E-state index in [1.54, 1.807) is 0 Å². The van der Waals surface area contributed by atoms with Crippen molar-refractivity contribution in [1.82, 2.24) is 5.32 Å². The summed E-state index contributed by atoms with van der Waals surface area (Å²) in [7, 11) is 0. The lowest BCUT2D eigenvalue weighted by atomic mass is 10.0. The number of fused-ring (bicyclic) bond motifs is 1. The van der Waals surface area contributed by atoms with Gasteiger partial charge >= 0.3 is 6.18 Å². The molecule has 0 saturated heterocycles. The van der Waals surface area contributed by atoms with Gasteiger partial charge in [0.15, 0.2) is 0 Å². The Hall–Kier alpha value is -1.56. The zero-order valence-corrected chi connectivity index (χ0v) is 10.5. The van der Waals surface area contributed by atoms with Gasteiger partial charge in [0.25, 0.3) is 0 Å². The molecule has 0 spiro atoms. The first kappa shape index (κ1) is 13.9. The first-order chi connectivity index (χ1) is 8.91. The van der Waals surface area contributed by atoms with Crippen LogP contribution >= 0.6 is 0 Å². The highest BCUT2D eigenvalue weighted by Crippen LogP contribution is 2.35. The topological polar surface area (TPSA) is 41.1 Å². The van der Waals surface area contributed by atoms with Crippen LogP contribution in [0.4, 0.5) is 18.9 Å². The SMILES string of the molecule is CCCNC(c1ccc2c(c1)CC(=O)N2)C(F)(F)F. The number of amides is 1. The fraction of sp³-hybridized carbons (Fsp3) is 0.462. The number of carbonyl (C=O) groups is 1. The van der Waals surface area contributed by atoms with Crippen LogP contribution in [0.2, 0.25) is 0 Å². The lowest BCUT2D eigenvalue weighted by molar-refractivity contribution is -0.157. The summed E-state index contributed by atoms with van der Waals surface area (Å²) in [6, 6.07) is 2.70. The summed E-state index contributed by atoms with van der Waals surface area (Å²) in [5.74, 6) is -0.183. The number of halogens is 3. The quantitative estimate of drug-likeness (QED) is 0.885. The normalized spacial score (nSPS) is 16.1. The third-order valence-electron chi connectivity index (χ3n) is 3.01. The zero-order valence-electron chi connectivity index (χ0n) is 10.5. The van der Waals surface area contributed by atoms with Crippen LogP contribution in [-0.4, -0.2) is 18.6 Å². The Morgan fingerprint density at radius 2 is 2.16 bits per heavy atom. The van der Waals surface area contributed by atoms with Crippen molar-refractivity contribution >= 4 is 11.6 Å². The van der Waals surface area contributed by atoms with Gasteiger partial charge in [-0.05, 0) is 30.2 Å². The molecule has 2 rings (SSSR count). The van der Waals surface area contributed by atoms with Crippen LogP contribution in [0, 0.1) is 0 Å². The monoisotopic (exact) mass is 272 g/mol. The van der Waals surface area contributed by atoms with Crippen molar-refractivity contribution in [3.8, 4) is 0 Å². The van der Waals surface area contributed by atoms with E-state index < -0.39 is 12.2 Å². The minimum absolute atomic E-state index is 0.140. The fourth-order valence-electron chi connectivity index (χ4n) is 2.14. The molecule has 1 aromatic rings. The molecule has 6 heteroatoms. The van der Waals surface area contributed by atoms with Gasteiger partial charge in [0.2, 0.25) is 5.91 Å². The molecule has 1 aromatic carbocycles. The molecule has 1 amide bonds. The van der Waals surface area contributed by atoms with Crippen LogP contribution in [0.25, 0.3) is 0 Å². The number of carbonyl (C=O) groups excluding carboxylic acids is 1. The molecule has 1 aliphatic heterocycles. The van der Waals surface area contributed by atoms with Gasteiger partial charge in [-0.2, -0.15) is 13.2 Å². The second-order valence-corrected chi connectivity index (χ2v) is 4.57. The molecule has 1 heterocycles. The Labute approximate surface area is 109 Å². The van der Waals surface area contributed by atoms with Crippen molar-refractivity contribution in [3.63, 3.8) is 0 Å². The van der Waals surface area contributed by atoms with Crippen molar-refractivity contribution in [2.75, 3.05) is 11.9 Å². The maximum absolute atomic E-state index is 13.0. The summed E-state index contributed by atoms with van der Waals surface area (Å²) in [5, 5.41) is 5.10. The molecule has 0 bridgehead atoms. The van der Waals surface area contributed by atoms with Crippen LogP contribution in [0.15, 0.2) is 18.2 Å². The van der Waals surface area contributed by atoms with E-state index in [0.717, 1.165) is 0 Å². The molecular formula is C13H15F3N2O. The average Bonchev–Trinajstić information content (AvgIpc) is 2.67. The number of nitrogens with one attached hydrogen (secondary N) is 2. The number of hydrogen-bond acceptors (Lipinski definition) is 2. The predicted molar refractivity (Wildman–Crippen MR) is 65.9 cm³/mol. The van der Waals surface area contributed by atoms with Gasteiger partial charge in [-0.3, -0.25) is 4.79 Å². The number of alkyl halides is 3. The summed E-state index contributed by atoms with van der Waals surface area (Å²) >= 11 is 0. The molecule has 1 aliphatic rings. The first-order valence-electron chi connectivity index (χ1n) is 6.14. The van der Waals surface area contributed by atoms with E-state index in [1.807, 2.05) is 6.92 Å². The lowest BCUT2D eigenvalue weighted by Crippen LogP contribution is -2.34. The minimum atomic E-state index is -4.35. The first-order valence-corrected chi connectivity index (χ1v) is 6.14. The average molecular weight is 272 g/mol. The van der Waals surface area contributed by atoms with E-state index in [4.69, 9.17) is 0 Å². The summed E-state index contributed by atoms with van der Waals surface area (Å²) < 4.78 is 39.0. The lowest BCUT2D eigenvalue weighted by Gasteiger charge is -2.22. The van der Waals surface area contributed by atoms with E-state index in [0.29, 0.717) is 24.2 Å². The molecule has 0 aliphatic carbocycles. The zero-order chi connectivity index (χ0) is 14.0. The molecule has 19 heavy (non-hydrogen) atoms. The summed E-state index contributed by atoms with van der Waals surface area (Å²) in [6.07, 6.45) is -3.58. The van der Waals surface area contributed by atoms with E-state index in [2.05, 4.69) is 10.6 Å². The third-order valence-corrected chi connectivity index (χ3v) is 3.01. The summed E-state index contributed by atoms with van der Waals surface area (Å²) in [4.78, 5) is 11.2. The molecule has 2 N–H and O–H groups in total. The second-order valence-electron chi connectivity index (χ2n) is 4.57. The molecule has 0 saturated carbocycles. The van der Waals surface area contributed by atoms with E-state index in [9.17, 15) is 18.0 Å². The standard InChI is InChI=1S/C13H15F3N2O/c1-2-5-17-12(13(14,15)16)8-3-4-10-9(6-8)7-11(19)18-10/h3-4,6,12,17H,2,5,7H2,1H3,(H,18,19). The Balaban J connectivity index is 2.28. The largest absolute Gasteiger partial charge is 0.407 e. The highest BCUT2D eigenvalue weighted by atomic mass is 19.4. The molecule has 1 unspecified atom stereocenters. The summed E-state index contributed by atoms with van der Waals surface area (Å²) in [5.41, 5.74) is 1.37. The smallest absolute Gasteiger partial charge is 0.326 e. The number of benzene rings is 1. The maximum atomic E-state index is 13.0. The van der Waals surface area contributed by atoms with Gasteiger partial charge in [0.1, 0.15) is 6.04 Å². The van der Waals surface area contributed by atoms with Crippen LogP contribution in [0.1, 0.15) is 30.5 Å². The number of hydrogen-bond donors (Lipinski definition) is 2. The third kappa shape index (κ3) is 3.07. The summed E-state index contributed by atoms with van der Waals surface area (Å²) in [6.45, 7) is 2.10. The Morgan fingerprint density at radius 3 is 2.79 bits per heavy atom. The van der Waals surface area contributed by atoms with Crippen molar-refractivity contribution in [2.45, 2.75) is 32.0 Å². The van der Waals surface area contributed by atoms with E-state index in [1.165, 1.54) is 18.2 Å². The van der Waals surface area contributed by atoms with Crippen molar-refractivity contribution in [2.24, 2.45) is 0 Å². The number of anilines is 1. The van der Waals surface area contributed by atoms with E-state index in [-0.39, 0.29) is 17.9 Å². The van der Waals surface area contributed by atoms with Crippen LogP contribution in [0.5, 0.6) is 0 Å². The van der Waals surface area contributed by atoms with Gasteiger partial charge in [-0.15, -0.1) is 0 Å². The van der Waals surface area contributed by atoms with Crippen LogP contribution in [0.3, 0.4) is 0 Å². The molecule has 0 radical (unpaired) electrons. The van der Waals surface area contributed by atoms with Gasteiger partial charge in [0.05, 0.1) is 6.42 Å². The molecule has 1 atom stereocenters. The van der Waals surface area contributed by atoms with Gasteiger partial charge < -0.3 is 10.6 Å². The van der Waals surface area contributed by atoms with Crippen LogP contribution < -0.4 is 10.6 Å². The fourth-order valence-corrected chi connectivity index (χ4v) is 2.14. The highest BCUT2D eigenvalue weighted by molar-refractivity contribution is 5.99. The maximum Gasteiger partial charge on any atom is 0.407 e. The molecule has 104 valence electrons. The van der Waals surface area contributed by atoms with Crippen molar-refractivity contribution < 1.29 is 18.0 Å². The molecule has 0 aromatic heterocycles. The Kier molecular flexibility index (Phi) is 3.80. The Morgan fingerprint density at radius 1 is 1.42 bits per heavy atom. The highest BCUT2D eigenvalue weighted by Gasteiger charge is 2.40. The van der Waals surface area contributed by atoms with Crippen molar-refractivity contribution in [1.29, 1.82) is 0 Å². The van der Waals surface area contributed by atoms with Gasteiger partial charge in [0, 0.05) is 5.69 Å².